The van der Waals surface area contributed by atoms with Gasteiger partial charge in [-0.05, 0) is 48.7 Å². The van der Waals surface area contributed by atoms with Crippen LogP contribution in [0.3, 0.4) is 0 Å². The summed E-state index contributed by atoms with van der Waals surface area (Å²) in [7, 11) is 0. The number of aryl methyl sites for hydroxylation is 1. The predicted molar refractivity (Wildman–Crippen MR) is 101 cm³/mol. The molecule has 1 aliphatic rings. The molecule has 2 heterocycles. The van der Waals surface area contributed by atoms with E-state index in [4.69, 9.17) is 0 Å². The zero-order valence-electron chi connectivity index (χ0n) is 14.3. The van der Waals surface area contributed by atoms with Crippen molar-refractivity contribution in [3.63, 3.8) is 0 Å². The summed E-state index contributed by atoms with van der Waals surface area (Å²) in [6, 6.07) is 14.3. The monoisotopic (exact) mass is 367 g/mol. The lowest BCUT2D eigenvalue weighted by molar-refractivity contribution is 0.0738. The Morgan fingerprint density at radius 3 is 2.65 bits per heavy atom. The second-order valence-corrected chi connectivity index (χ2v) is 7.31. The van der Waals surface area contributed by atoms with Gasteiger partial charge in [-0.3, -0.25) is 4.79 Å². The average molecular weight is 367 g/mol. The van der Waals surface area contributed by atoms with Crippen LogP contribution in [0.2, 0.25) is 0 Å². The number of nitrogens with one attached hydrogen (secondary N) is 1. The van der Waals surface area contributed by atoms with Crippen LogP contribution in [-0.4, -0.2) is 22.3 Å². The third-order valence-electron chi connectivity index (χ3n) is 4.50. The highest BCUT2D eigenvalue weighted by atomic mass is 32.1. The van der Waals surface area contributed by atoms with Crippen molar-refractivity contribution in [2.24, 2.45) is 0 Å². The molecule has 0 saturated carbocycles. The van der Waals surface area contributed by atoms with Crippen LogP contribution in [0.25, 0.3) is 0 Å². The number of hydrogen-bond donors (Lipinski definition) is 1. The first-order valence-corrected chi connectivity index (χ1v) is 9.28. The Morgan fingerprint density at radius 1 is 1.15 bits per heavy atom. The van der Waals surface area contributed by atoms with Crippen LogP contribution in [0.4, 0.5) is 15.2 Å². The lowest BCUT2D eigenvalue weighted by atomic mass is 10.00. The summed E-state index contributed by atoms with van der Waals surface area (Å²) >= 11 is 1.33. The van der Waals surface area contributed by atoms with Gasteiger partial charge in [0, 0.05) is 18.8 Å². The van der Waals surface area contributed by atoms with Gasteiger partial charge in [0.2, 0.25) is 0 Å². The second-order valence-electron chi connectivity index (χ2n) is 6.31. The summed E-state index contributed by atoms with van der Waals surface area (Å²) in [5.74, 6) is -0.270. The number of fused-ring (bicyclic) bond motifs is 1. The van der Waals surface area contributed by atoms with E-state index in [2.05, 4.69) is 22.4 Å². The van der Waals surface area contributed by atoms with Gasteiger partial charge in [0.25, 0.3) is 5.91 Å². The van der Waals surface area contributed by atoms with Gasteiger partial charge < -0.3 is 10.2 Å². The molecule has 0 radical (unpaired) electrons. The van der Waals surface area contributed by atoms with Crippen LogP contribution in [-0.2, 0) is 13.0 Å². The molecule has 1 N–H and O–H groups in total. The molecule has 0 fully saturated rings. The van der Waals surface area contributed by atoms with Gasteiger partial charge in [0.15, 0.2) is 5.13 Å². The lowest BCUT2D eigenvalue weighted by Crippen LogP contribution is -2.35. The first kappa shape index (κ1) is 16.7. The minimum absolute atomic E-state index is 0.0154. The van der Waals surface area contributed by atoms with Crippen molar-refractivity contribution in [1.82, 2.24) is 9.88 Å². The number of amides is 1. The zero-order chi connectivity index (χ0) is 18.1. The van der Waals surface area contributed by atoms with Crippen molar-refractivity contribution >= 4 is 28.1 Å². The first-order valence-electron chi connectivity index (χ1n) is 8.46. The normalized spacial score (nSPS) is 13.4. The fourth-order valence-electron chi connectivity index (χ4n) is 3.12. The van der Waals surface area contributed by atoms with Gasteiger partial charge in [-0.25, -0.2) is 9.37 Å². The molecule has 3 aromatic rings. The Labute approximate surface area is 155 Å². The van der Waals surface area contributed by atoms with Crippen molar-refractivity contribution in [2.75, 3.05) is 11.9 Å². The SMILES string of the molecule is Cc1nc(Nc2ccc(F)cc2)sc1C(=O)N1CCc2ccccc2C1. The van der Waals surface area contributed by atoms with Gasteiger partial charge in [-0.2, -0.15) is 0 Å². The van der Waals surface area contributed by atoms with Gasteiger partial charge >= 0.3 is 0 Å². The molecule has 1 aromatic heterocycles. The molecule has 0 saturated heterocycles. The number of nitrogens with zero attached hydrogens (tertiary/aromatic N) is 2. The van der Waals surface area contributed by atoms with E-state index in [1.165, 1.54) is 34.6 Å². The Balaban J connectivity index is 1.52. The number of rotatable bonds is 3. The highest BCUT2D eigenvalue weighted by molar-refractivity contribution is 7.17. The molecule has 4 nitrogen and oxygen atoms in total. The van der Waals surface area contributed by atoms with E-state index in [0.717, 1.165) is 12.1 Å². The third-order valence-corrected chi connectivity index (χ3v) is 5.57. The summed E-state index contributed by atoms with van der Waals surface area (Å²) in [5, 5.41) is 3.77. The summed E-state index contributed by atoms with van der Waals surface area (Å²) in [4.78, 5) is 19.9. The molecular weight excluding hydrogens is 349 g/mol. The zero-order valence-corrected chi connectivity index (χ0v) is 15.1. The molecule has 1 amide bonds. The molecule has 0 bridgehead atoms. The molecule has 132 valence electrons. The highest BCUT2D eigenvalue weighted by Crippen LogP contribution is 2.28. The fourth-order valence-corrected chi connectivity index (χ4v) is 4.07. The average Bonchev–Trinajstić information content (AvgIpc) is 3.02. The quantitative estimate of drug-likeness (QED) is 0.740. The minimum Gasteiger partial charge on any atom is -0.333 e. The van der Waals surface area contributed by atoms with Crippen molar-refractivity contribution in [3.05, 3.63) is 76.0 Å². The van der Waals surface area contributed by atoms with Crippen LogP contribution in [0.5, 0.6) is 0 Å². The van der Waals surface area contributed by atoms with E-state index < -0.39 is 0 Å². The topological polar surface area (TPSA) is 45.2 Å². The van der Waals surface area contributed by atoms with Crippen molar-refractivity contribution in [2.45, 2.75) is 19.9 Å². The first-order chi connectivity index (χ1) is 12.6. The number of aromatic nitrogens is 1. The van der Waals surface area contributed by atoms with Crippen LogP contribution in [0.15, 0.2) is 48.5 Å². The van der Waals surface area contributed by atoms with Gasteiger partial charge in [-0.15, -0.1) is 0 Å². The smallest absolute Gasteiger partial charge is 0.266 e. The molecule has 6 heteroatoms. The van der Waals surface area contributed by atoms with Gasteiger partial charge in [0.1, 0.15) is 10.7 Å². The van der Waals surface area contributed by atoms with E-state index >= 15 is 0 Å². The van der Waals surface area contributed by atoms with E-state index in [9.17, 15) is 9.18 Å². The molecule has 0 atom stereocenters. The Morgan fingerprint density at radius 2 is 1.88 bits per heavy atom. The Kier molecular flexibility index (Phi) is 4.42. The fraction of sp³-hybridized carbons (Fsp3) is 0.200. The second kappa shape index (κ2) is 6.88. The maximum atomic E-state index is 13.0. The van der Waals surface area contributed by atoms with Crippen molar-refractivity contribution < 1.29 is 9.18 Å². The number of carbonyl (C=O) groups is 1. The molecule has 4 rings (SSSR count). The molecular formula is C20H18FN3OS. The number of carbonyl (C=O) groups excluding carboxylic acids is 1. The van der Waals surface area contributed by atoms with Crippen LogP contribution < -0.4 is 5.32 Å². The molecule has 0 aliphatic carbocycles. The standard InChI is InChI=1S/C20H18FN3OS/c1-13-18(26-20(22-13)23-17-8-6-16(21)7-9-17)19(25)24-11-10-14-4-2-3-5-15(14)12-24/h2-9H,10-12H2,1H3,(H,22,23). The summed E-state index contributed by atoms with van der Waals surface area (Å²) in [6.45, 7) is 3.19. The lowest BCUT2D eigenvalue weighted by Gasteiger charge is -2.28. The number of anilines is 2. The number of hydrogen-bond acceptors (Lipinski definition) is 4. The number of thiazole rings is 1. The van der Waals surface area contributed by atoms with E-state index in [1.807, 2.05) is 24.0 Å². The number of benzene rings is 2. The molecule has 26 heavy (non-hydrogen) atoms. The van der Waals surface area contributed by atoms with Gasteiger partial charge in [0.05, 0.1) is 5.69 Å². The largest absolute Gasteiger partial charge is 0.333 e. The van der Waals surface area contributed by atoms with Crippen LogP contribution in [0.1, 0.15) is 26.5 Å². The van der Waals surface area contributed by atoms with E-state index in [-0.39, 0.29) is 11.7 Å². The Hall–Kier alpha value is -2.73. The van der Waals surface area contributed by atoms with Crippen molar-refractivity contribution in [1.29, 1.82) is 0 Å². The Bertz CT molecular complexity index is 952. The molecule has 2 aromatic carbocycles. The molecule has 1 aliphatic heterocycles. The van der Waals surface area contributed by atoms with Gasteiger partial charge in [-0.1, -0.05) is 35.6 Å². The van der Waals surface area contributed by atoms with Crippen molar-refractivity contribution in [3.8, 4) is 0 Å². The third kappa shape index (κ3) is 3.32. The highest BCUT2D eigenvalue weighted by Gasteiger charge is 2.25. The summed E-state index contributed by atoms with van der Waals surface area (Å²) in [6.07, 6.45) is 0.875. The number of halogens is 1. The van der Waals surface area contributed by atoms with E-state index in [1.54, 1.807) is 12.1 Å². The maximum absolute atomic E-state index is 13.0. The van der Waals surface area contributed by atoms with Crippen LogP contribution in [0, 0.1) is 12.7 Å². The summed E-state index contributed by atoms with van der Waals surface area (Å²) < 4.78 is 13.0. The predicted octanol–water partition coefficient (Wildman–Crippen LogP) is 4.53. The molecule has 0 unspecified atom stereocenters. The summed E-state index contributed by atoms with van der Waals surface area (Å²) in [5.41, 5.74) is 3.98. The van der Waals surface area contributed by atoms with E-state index in [0.29, 0.717) is 28.8 Å². The maximum Gasteiger partial charge on any atom is 0.266 e. The van der Waals surface area contributed by atoms with Crippen LogP contribution >= 0.6 is 11.3 Å². The molecule has 0 spiro atoms. The minimum atomic E-state index is -0.285.